The van der Waals surface area contributed by atoms with Gasteiger partial charge in [0.05, 0.1) is 11.4 Å². The van der Waals surface area contributed by atoms with Gasteiger partial charge in [-0.25, -0.2) is 0 Å². The van der Waals surface area contributed by atoms with Gasteiger partial charge < -0.3 is 20.4 Å². The molecule has 150 valence electrons. The molecular weight excluding hydrogens is 344 g/mol. The molecule has 28 heavy (non-hydrogen) atoms. The van der Waals surface area contributed by atoms with Crippen LogP contribution in [0.2, 0.25) is 0 Å². The highest BCUT2D eigenvalue weighted by Crippen LogP contribution is 2.30. The summed E-state index contributed by atoms with van der Waals surface area (Å²) < 4.78 is 0. The number of nitrogens with zero attached hydrogens (tertiary/aromatic N) is 2. The quantitative estimate of drug-likeness (QED) is 0.651. The van der Waals surface area contributed by atoms with Crippen molar-refractivity contribution in [3.05, 3.63) is 60.2 Å². The summed E-state index contributed by atoms with van der Waals surface area (Å²) in [6.07, 6.45) is 2.36. The number of piperazine rings is 1. The van der Waals surface area contributed by atoms with Gasteiger partial charge >= 0.3 is 0 Å². The molecule has 1 aliphatic heterocycles. The molecule has 0 spiro atoms. The van der Waals surface area contributed by atoms with Crippen molar-refractivity contribution in [2.24, 2.45) is 0 Å². The zero-order valence-electron chi connectivity index (χ0n) is 17.6. The van der Waals surface area contributed by atoms with Crippen molar-refractivity contribution >= 4 is 22.8 Å². The van der Waals surface area contributed by atoms with Crippen molar-refractivity contribution in [2.45, 2.75) is 26.7 Å². The van der Waals surface area contributed by atoms with Crippen molar-refractivity contribution in [1.29, 1.82) is 0 Å². The molecule has 0 radical (unpaired) electrons. The second-order valence-electron chi connectivity index (χ2n) is 7.50. The molecule has 2 aromatic rings. The predicted molar refractivity (Wildman–Crippen MR) is 124 cm³/mol. The Hall–Kier alpha value is -2.62. The number of para-hydroxylation sites is 1. The molecule has 2 aromatic carbocycles. The maximum atomic E-state index is 4.21. The Morgan fingerprint density at radius 1 is 1.00 bits per heavy atom. The van der Waals surface area contributed by atoms with Crippen molar-refractivity contribution in [1.82, 2.24) is 5.32 Å². The molecule has 1 fully saturated rings. The van der Waals surface area contributed by atoms with E-state index in [9.17, 15) is 0 Å². The minimum atomic E-state index is 0.979. The SMILES string of the molecule is C=C(NCCCC)c1ccc(N2CCN(c3ccccc3C)CC2)c(NC)c1. The monoisotopic (exact) mass is 378 g/mol. The van der Waals surface area contributed by atoms with E-state index in [1.165, 1.54) is 35.5 Å². The van der Waals surface area contributed by atoms with E-state index in [4.69, 9.17) is 0 Å². The third-order valence-corrected chi connectivity index (χ3v) is 5.56. The van der Waals surface area contributed by atoms with Crippen LogP contribution in [-0.2, 0) is 0 Å². The van der Waals surface area contributed by atoms with Crippen LogP contribution in [0.5, 0.6) is 0 Å². The van der Waals surface area contributed by atoms with Gasteiger partial charge in [0.15, 0.2) is 0 Å². The Balaban J connectivity index is 1.67. The summed E-state index contributed by atoms with van der Waals surface area (Å²) in [5, 5.41) is 6.82. The van der Waals surface area contributed by atoms with Gasteiger partial charge in [-0.1, -0.05) is 44.2 Å². The molecule has 1 saturated heterocycles. The lowest BCUT2D eigenvalue weighted by Gasteiger charge is -2.38. The highest BCUT2D eigenvalue weighted by Gasteiger charge is 2.20. The Labute approximate surface area is 170 Å². The van der Waals surface area contributed by atoms with Crippen LogP contribution in [0.25, 0.3) is 5.70 Å². The first kappa shape index (κ1) is 20.1. The van der Waals surface area contributed by atoms with Crippen LogP contribution < -0.4 is 20.4 Å². The van der Waals surface area contributed by atoms with E-state index in [0.717, 1.165) is 44.0 Å². The molecule has 2 N–H and O–H groups in total. The van der Waals surface area contributed by atoms with Crippen molar-refractivity contribution < 1.29 is 0 Å². The van der Waals surface area contributed by atoms with E-state index in [2.05, 4.69) is 83.3 Å². The molecule has 0 bridgehead atoms. The standard InChI is InChI=1S/C24H34N4/c1-5-6-13-26-20(3)21-11-12-24(22(18-21)25-4)28-16-14-27(15-17-28)23-10-8-7-9-19(23)2/h7-12,18,25-26H,3,5-6,13-17H2,1-2,4H3. The van der Waals surface area contributed by atoms with Crippen LogP contribution in [0.1, 0.15) is 30.9 Å². The first-order valence-corrected chi connectivity index (χ1v) is 10.4. The molecule has 0 unspecified atom stereocenters. The third-order valence-electron chi connectivity index (χ3n) is 5.56. The van der Waals surface area contributed by atoms with E-state index in [0.29, 0.717) is 0 Å². The fraction of sp³-hybridized carbons (Fsp3) is 0.417. The molecule has 0 aliphatic carbocycles. The zero-order chi connectivity index (χ0) is 19.9. The fourth-order valence-corrected chi connectivity index (χ4v) is 3.82. The van der Waals surface area contributed by atoms with Crippen LogP contribution in [0, 0.1) is 6.92 Å². The Kier molecular flexibility index (Phi) is 6.85. The normalized spacial score (nSPS) is 14.1. The van der Waals surface area contributed by atoms with Crippen molar-refractivity contribution in [2.75, 3.05) is 54.9 Å². The topological polar surface area (TPSA) is 30.5 Å². The number of hydrogen-bond acceptors (Lipinski definition) is 4. The first-order chi connectivity index (χ1) is 13.6. The lowest BCUT2D eigenvalue weighted by molar-refractivity contribution is 0.653. The Morgan fingerprint density at radius 2 is 1.68 bits per heavy atom. The average molecular weight is 379 g/mol. The molecule has 4 nitrogen and oxygen atoms in total. The second kappa shape index (κ2) is 9.54. The lowest BCUT2D eigenvalue weighted by atomic mass is 10.1. The smallest absolute Gasteiger partial charge is 0.0603 e. The molecule has 1 heterocycles. The number of nitrogens with one attached hydrogen (secondary N) is 2. The molecular formula is C24H34N4. The molecule has 0 atom stereocenters. The van der Waals surface area contributed by atoms with Gasteiger partial charge in [-0.2, -0.15) is 0 Å². The van der Waals surface area contributed by atoms with Crippen LogP contribution in [0.3, 0.4) is 0 Å². The molecule has 4 heteroatoms. The average Bonchev–Trinajstić information content (AvgIpc) is 2.74. The van der Waals surface area contributed by atoms with Crippen LogP contribution >= 0.6 is 0 Å². The zero-order valence-corrected chi connectivity index (χ0v) is 17.6. The lowest BCUT2D eigenvalue weighted by Crippen LogP contribution is -2.47. The van der Waals surface area contributed by atoms with Gasteiger partial charge in [-0.3, -0.25) is 0 Å². The van der Waals surface area contributed by atoms with E-state index in [-0.39, 0.29) is 0 Å². The second-order valence-corrected chi connectivity index (χ2v) is 7.50. The number of hydrogen-bond donors (Lipinski definition) is 2. The summed E-state index contributed by atoms with van der Waals surface area (Å²) in [6.45, 7) is 13.7. The molecule has 0 saturated carbocycles. The van der Waals surface area contributed by atoms with Gasteiger partial charge in [0.25, 0.3) is 0 Å². The molecule has 0 amide bonds. The first-order valence-electron chi connectivity index (χ1n) is 10.4. The largest absolute Gasteiger partial charge is 0.386 e. The fourth-order valence-electron chi connectivity index (χ4n) is 3.82. The minimum absolute atomic E-state index is 0.979. The summed E-state index contributed by atoms with van der Waals surface area (Å²) in [5.41, 5.74) is 7.31. The Morgan fingerprint density at radius 3 is 2.32 bits per heavy atom. The summed E-state index contributed by atoms with van der Waals surface area (Å²) in [5.74, 6) is 0. The van der Waals surface area contributed by atoms with E-state index < -0.39 is 0 Å². The van der Waals surface area contributed by atoms with Crippen LogP contribution in [-0.4, -0.2) is 39.8 Å². The summed E-state index contributed by atoms with van der Waals surface area (Å²) >= 11 is 0. The van der Waals surface area contributed by atoms with E-state index >= 15 is 0 Å². The predicted octanol–water partition coefficient (Wildman–Crippen LogP) is 4.72. The number of aryl methyl sites for hydroxylation is 1. The van der Waals surface area contributed by atoms with Crippen LogP contribution in [0.15, 0.2) is 49.0 Å². The van der Waals surface area contributed by atoms with E-state index in [1.54, 1.807) is 0 Å². The number of unbranched alkanes of at least 4 members (excludes halogenated alkanes) is 1. The number of anilines is 3. The molecule has 0 aromatic heterocycles. The van der Waals surface area contributed by atoms with Gasteiger partial charge in [-0.05, 0) is 42.7 Å². The van der Waals surface area contributed by atoms with Crippen molar-refractivity contribution in [3.63, 3.8) is 0 Å². The van der Waals surface area contributed by atoms with E-state index in [1.807, 2.05) is 7.05 Å². The van der Waals surface area contributed by atoms with Gasteiger partial charge in [0.1, 0.15) is 0 Å². The maximum absolute atomic E-state index is 4.21. The van der Waals surface area contributed by atoms with Crippen molar-refractivity contribution in [3.8, 4) is 0 Å². The van der Waals surface area contributed by atoms with Gasteiger partial charge in [0, 0.05) is 51.2 Å². The van der Waals surface area contributed by atoms with Gasteiger partial charge in [0.2, 0.25) is 0 Å². The summed E-state index contributed by atoms with van der Waals surface area (Å²) in [6, 6.07) is 15.3. The molecule has 1 aliphatic rings. The van der Waals surface area contributed by atoms with Gasteiger partial charge in [-0.15, -0.1) is 0 Å². The van der Waals surface area contributed by atoms with Crippen LogP contribution in [0.4, 0.5) is 17.1 Å². The third kappa shape index (κ3) is 4.61. The maximum Gasteiger partial charge on any atom is 0.0603 e. The minimum Gasteiger partial charge on any atom is -0.386 e. The number of benzene rings is 2. The highest BCUT2D eigenvalue weighted by molar-refractivity contribution is 5.76. The summed E-state index contributed by atoms with van der Waals surface area (Å²) in [4.78, 5) is 4.98. The number of rotatable bonds is 8. The summed E-state index contributed by atoms with van der Waals surface area (Å²) in [7, 11) is 2.00. The Bertz CT molecular complexity index is 791. The highest BCUT2D eigenvalue weighted by atomic mass is 15.3. The molecule has 3 rings (SSSR count).